The molecule has 1 aliphatic heterocycles. The van der Waals surface area contributed by atoms with Crippen LogP contribution in [0.15, 0.2) is 22.9 Å². The molecule has 19 heavy (non-hydrogen) atoms. The fourth-order valence-corrected chi connectivity index (χ4v) is 3.06. The Morgan fingerprint density at radius 2 is 2.42 bits per heavy atom. The van der Waals surface area contributed by atoms with E-state index in [0.29, 0.717) is 12.1 Å². The van der Waals surface area contributed by atoms with Gasteiger partial charge in [0.15, 0.2) is 0 Å². The molecule has 2 unspecified atom stereocenters. The highest BCUT2D eigenvalue weighted by Crippen LogP contribution is 2.24. The van der Waals surface area contributed by atoms with Gasteiger partial charge in [-0.05, 0) is 66.2 Å². The maximum absolute atomic E-state index is 5.68. The number of nitrogens with one attached hydrogen (secondary N) is 1. The molecular weight excluding hydrogens is 304 g/mol. The molecule has 2 atom stereocenters. The van der Waals surface area contributed by atoms with E-state index in [-0.39, 0.29) is 0 Å². The summed E-state index contributed by atoms with van der Waals surface area (Å²) >= 11 is 3.49. The Bertz CT molecular complexity index is 380. The molecule has 1 N–H and O–H groups in total. The number of aromatic nitrogens is 1. The number of ether oxygens (including phenoxy) is 1. The normalized spacial score (nSPS) is 20.6. The summed E-state index contributed by atoms with van der Waals surface area (Å²) < 4.78 is 6.73. The first kappa shape index (κ1) is 14.9. The SMILES string of the molecule is CCNC(CCCC1CCCO1)c1cncc(Br)c1. The lowest BCUT2D eigenvalue weighted by molar-refractivity contribution is 0.101. The van der Waals surface area contributed by atoms with E-state index in [4.69, 9.17) is 4.74 Å². The molecule has 1 fully saturated rings. The second-order valence-corrected chi connectivity index (χ2v) is 6.03. The van der Waals surface area contributed by atoms with E-state index in [1.165, 1.54) is 31.2 Å². The van der Waals surface area contributed by atoms with Crippen LogP contribution in [-0.4, -0.2) is 24.2 Å². The highest BCUT2D eigenvalue weighted by Gasteiger charge is 2.17. The molecule has 0 radical (unpaired) electrons. The zero-order valence-electron chi connectivity index (χ0n) is 11.6. The summed E-state index contributed by atoms with van der Waals surface area (Å²) in [6.45, 7) is 4.09. The summed E-state index contributed by atoms with van der Waals surface area (Å²) in [4.78, 5) is 4.26. The summed E-state index contributed by atoms with van der Waals surface area (Å²) in [6.07, 6.45) is 10.3. The van der Waals surface area contributed by atoms with Crippen LogP contribution in [0.4, 0.5) is 0 Å². The smallest absolute Gasteiger partial charge is 0.0576 e. The van der Waals surface area contributed by atoms with Crippen LogP contribution in [0.2, 0.25) is 0 Å². The third-order valence-electron chi connectivity index (χ3n) is 3.62. The van der Waals surface area contributed by atoms with Crippen molar-refractivity contribution in [3.8, 4) is 0 Å². The van der Waals surface area contributed by atoms with E-state index in [2.05, 4.69) is 39.2 Å². The van der Waals surface area contributed by atoms with Crippen molar-refractivity contribution in [1.29, 1.82) is 0 Å². The maximum Gasteiger partial charge on any atom is 0.0576 e. The molecule has 2 rings (SSSR count). The standard InChI is InChI=1S/C15H23BrN2O/c1-2-18-15(12-9-13(16)11-17-10-12)7-3-5-14-6-4-8-19-14/h9-11,14-15,18H,2-8H2,1H3. The van der Waals surface area contributed by atoms with Gasteiger partial charge in [-0.2, -0.15) is 0 Å². The van der Waals surface area contributed by atoms with Crippen molar-refractivity contribution >= 4 is 15.9 Å². The van der Waals surface area contributed by atoms with Gasteiger partial charge in [-0.15, -0.1) is 0 Å². The predicted octanol–water partition coefficient (Wildman–Crippen LogP) is 3.84. The molecule has 1 aromatic rings. The molecule has 3 nitrogen and oxygen atoms in total. The van der Waals surface area contributed by atoms with Crippen LogP contribution < -0.4 is 5.32 Å². The molecule has 0 aliphatic carbocycles. The van der Waals surface area contributed by atoms with Crippen molar-refractivity contribution < 1.29 is 4.74 Å². The monoisotopic (exact) mass is 326 g/mol. The second kappa shape index (κ2) is 7.98. The third-order valence-corrected chi connectivity index (χ3v) is 4.06. The number of hydrogen-bond acceptors (Lipinski definition) is 3. The van der Waals surface area contributed by atoms with Gasteiger partial charge in [-0.1, -0.05) is 6.92 Å². The molecule has 0 spiro atoms. The highest BCUT2D eigenvalue weighted by molar-refractivity contribution is 9.10. The predicted molar refractivity (Wildman–Crippen MR) is 81.2 cm³/mol. The minimum absolute atomic E-state index is 0.399. The van der Waals surface area contributed by atoms with Gasteiger partial charge in [0.2, 0.25) is 0 Å². The van der Waals surface area contributed by atoms with Gasteiger partial charge >= 0.3 is 0 Å². The number of rotatable bonds is 7. The Morgan fingerprint density at radius 3 is 3.11 bits per heavy atom. The average molecular weight is 327 g/mol. The fourth-order valence-electron chi connectivity index (χ4n) is 2.67. The molecule has 0 bridgehead atoms. The average Bonchev–Trinajstić information content (AvgIpc) is 2.91. The first-order valence-electron chi connectivity index (χ1n) is 7.25. The number of hydrogen-bond donors (Lipinski definition) is 1. The Hall–Kier alpha value is -0.450. The van der Waals surface area contributed by atoms with Crippen LogP contribution in [0.3, 0.4) is 0 Å². The zero-order valence-corrected chi connectivity index (χ0v) is 13.2. The zero-order chi connectivity index (χ0) is 13.5. The van der Waals surface area contributed by atoms with Crippen molar-refractivity contribution in [2.75, 3.05) is 13.2 Å². The van der Waals surface area contributed by atoms with Crippen LogP contribution >= 0.6 is 15.9 Å². The highest BCUT2D eigenvalue weighted by atomic mass is 79.9. The number of halogens is 1. The van der Waals surface area contributed by atoms with E-state index >= 15 is 0 Å². The van der Waals surface area contributed by atoms with Crippen LogP contribution in [0.25, 0.3) is 0 Å². The second-order valence-electron chi connectivity index (χ2n) is 5.11. The number of pyridine rings is 1. The van der Waals surface area contributed by atoms with Crippen molar-refractivity contribution in [1.82, 2.24) is 10.3 Å². The topological polar surface area (TPSA) is 34.1 Å². The molecule has 1 aromatic heterocycles. The molecule has 0 amide bonds. The van der Waals surface area contributed by atoms with Crippen LogP contribution in [0.1, 0.15) is 50.6 Å². The van der Waals surface area contributed by atoms with Crippen molar-refractivity contribution in [2.45, 2.75) is 51.2 Å². The Kier molecular flexibility index (Phi) is 6.28. The van der Waals surface area contributed by atoms with Crippen molar-refractivity contribution in [3.05, 3.63) is 28.5 Å². The summed E-state index contributed by atoms with van der Waals surface area (Å²) in [7, 11) is 0. The fraction of sp³-hybridized carbons (Fsp3) is 0.667. The molecule has 1 aliphatic rings. The largest absolute Gasteiger partial charge is 0.378 e. The minimum atomic E-state index is 0.399. The van der Waals surface area contributed by atoms with Gasteiger partial charge in [0.1, 0.15) is 0 Å². The number of nitrogens with zero attached hydrogens (tertiary/aromatic N) is 1. The molecule has 1 saturated heterocycles. The minimum Gasteiger partial charge on any atom is -0.378 e. The van der Waals surface area contributed by atoms with Gasteiger partial charge in [0.25, 0.3) is 0 Å². The van der Waals surface area contributed by atoms with Gasteiger partial charge in [-0.25, -0.2) is 0 Å². The summed E-state index contributed by atoms with van der Waals surface area (Å²) in [5.74, 6) is 0. The molecule has 106 valence electrons. The van der Waals surface area contributed by atoms with E-state index in [1.54, 1.807) is 0 Å². The first-order chi connectivity index (χ1) is 9.29. The van der Waals surface area contributed by atoms with E-state index in [1.807, 2.05) is 12.4 Å². The summed E-state index contributed by atoms with van der Waals surface area (Å²) in [5, 5.41) is 3.55. The summed E-state index contributed by atoms with van der Waals surface area (Å²) in [5.41, 5.74) is 1.27. The summed E-state index contributed by atoms with van der Waals surface area (Å²) in [6, 6.07) is 2.56. The third kappa shape index (κ3) is 4.86. The van der Waals surface area contributed by atoms with Gasteiger partial charge in [0.05, 0.1) is 6.10 Å². The Balaban J connectivity index is 1.84. The first-order valence-corrected chi connectivity index (χ1v) is 8.04. The van der Waals surface area contributed by atoms with Crippen LogP contribution in [0, 0.1) is 0 Å². The van der Waals surface area contributed by atoms with Gasteiger partial charge < -0.3 is 10.1 Å². The van der Waals surface area contributed by atoms with E-state index in [9.17, 15) is 0 Å². The van der Waals surface area contributed by atoms with Crippen molar-refractivity contribution in [3.63, 3.8) is 0 Å². The lowest BCUT2D eigenvalue weighted by Crippen LogP contribution is -2.21. The van der Waals surface area contributed by atoms with Crippen LogP contribution in [-0.2, 0) is 4.74 Å². The Labute approximate surface area is 124 Å². The molecule has 2 heterocycles. The van der Waals surface area contributed by atoms with E-state index < -0.39 is 0 Å². The Morgan fingerprint density at radius 1 is 1.53 bits per heavy atom. The van der Waals surface area contributed by atoms with E-state index in [0.717, 1.165) is 24.0 Å². The van der Waals surface area contributed by atoms with Crippen LogP contribution in [0.5, 0.6) is 0 Å². The molecule has 0 saturated carbocycles. The quantitative estimate of drug-likeness (QED) is 0.826. The van der Waals surface area contributed by atoms with Gasteiger partial charge in [-0.3, -0.25) is 4.98 Å². The van der Waals surface area contributed by atoms with Gasteiger partial charge in [0, 0.05) is 29.5 Å². The molecule has 0 aromatic carbocycles. The molecule has 4 heteroatoms. The lowest BCUT2D eigenvalue weighted by atomic mass is 10.0. The maximum atomic E-state index is 5.68. The van der Waals surface area contributed by atoms with Crippen molar-refractivity contribution in [2.24, 2.45) is 0 Å². The molecular formula is C15H23BrN2O. The lowest BCUT2D eigenvalue weighted by Gasteiger charge is -2.19.